The molecule has 31 heavy (non-hydrogen) atoms. The molecule has 0 amide bonds. The number of nitrogens with zero attached hydrogens (tertiary/aromatic N) is 1. The predicted octanol–water partition coefficient (Wildman–Crippen LogP) is 5.38. The summed E-state index contributed by atoms with van der Waals surface area (Å²) in [7, 11) is 1.56. The molecule has 1 aliphatic heterocycles. The van der Waals surface area contributed by atoms with Crippen molar-refractivity contribution in [2.75, 3.05) is 7.11 Å². The van der Waals surface area contributed by atoms with Crippen LogP contribution in [0.2, 0.25) is 0 Å². The van der Waals surface area contributed by atoms with Crippen molar-refractivity contribution >= 4 is 55.8 Å². The average molecular weight is 547 g/mol. The number of hydrogen-bond acceptors (Lipinski definition) is 7. The molecule has 7 nitrogen and oxygen atoms in total. The highest BCUT2D eigenvalue weighted by Gasteiger charge is 2.25. The van der Waals surface area contributed by atoms with E-state index in [0.29, 0.717) is 25.8 Å². The number of rotatable bonds is 5. The Morgan fingerprint density at radius 1 is 1.13 bits per heavy atom. The quantitative estimate of drug-likeness (QED) is 0.243. The maximum atomic E-state index is 12.4. The summed E-state index contributed by atoms with van der Waals surface area (Å²) in [4.78, 5) is 29.1. The molecular weight excluding hydrogens is 534 g/mol. The van der Waals surface area contributed by atoms with Crippen molar-refractivity contribution in [1.29, 1.82) is 0 Å². The Kier molecular flexibility index (Phi) is 6.06. The van der Waals surface area contributed by atoms with Gasteiger partial charge in [0, 0.05) is 15.6 Å². The van der Waals surface area contributed by atoms with Crippen LogP contribution in [0, 0.1) is 0 Å². The smallest absolute Gasteiger partial charge is 0.379 e. The van der Waals surface area contributed by atoms with Gasteiger partial charge in [0.2, 0.25) is 11.7 Å². The molecular formula is C22H13Br2NO6. The molecule has 2 heterocycles. The first kappa shape index (κ1) is 21.1. The van der Waals surface area contributed by atoms with Crippen molar-refractivity contribution in [2.24, 2.45) is 4.99 Å². The van der Waals surface area contributed by atoms with Gasteiger partial charge in [0.05, 0.1) is 17.8 Å². The fraction of sp³-hybridized carbons (Fsp3) is 0.0455. The molecule has 0 saturated heterocycles. The average Bonchev–Trinajstić information content (AvgIpc) is 3.41. The Labute approximate surface area is 193 Å². The van der Waals surface area contributed by atoms with Crippen molar-refractivity contribution in [3.63, 3.8) is 0 Å². The van der Waals surface area contributed by atoms with E-state index in [1.807, 2.05) is 0 Å². The monoisotopic (exact) mass is 545 g/mol. The molecule has 1 aliphatic rings. The first-order chi connectivity index (χ1) is 14.9. The van der Waals surface area contributed by atoms with Gasteiger partial charge in [-0.1, -0.05) is 15.9 Å². The molecule has 0 atom stereocenters. The lowest BCUT2D eigenvalue weighted by Gasteiger charge is -2.10. The van der Waals surface area contributed by atoms with E-state index in [2.05, 4.69) is 36.9 Å². The summed E-state index contributed by atoms with van der Waals surface area (Å²) in [5, 5.41) is 0. The Balaban J connectivity index is 1.69. The van der Waals surface area contributed by atoms with E-state index in [0.717, 1.165) is 0 Å². The molecule has 0 radical (unpaired) electrons. The zero-order chi connectivity index (χ0) is 22.0. The summed E-state index contributed by atoms with van der Waals surface area (Å²) in [6, 6.07) is 13.4. The molecule has 0 saturated carbocycles. The normalized spacial score (nSPS) is 14.4. The molecule has 4 rings (SSSR count). The number of benzene rings is 2. The van der Waals surface area contributed by atoms with E-state index >= 15 is 0 Å². The van der Waals surface area contributed by atoms with Crippen LogP contribution in [-0.4, -0.2) is 24.9 Å². The van der Waals surface area contributed by atoms with Crippen molar-refractivity contribution in [3.05, 3.63) is 86.3 Å². The molecule has 0 fully saturated rings. The molecule has 9 heteroatoms. The van der Waals surface area contributed by atoms with Gasteiger partial charge in [-0.05, 0) is 70.5 Å². The second-order valence-electron chi connectivity index (χ2n) is 6.24. The van der Waals surface area contributed by atoms with Crippen LogP contribution in [-0.2, 0) is 9.53 Å². The number of aliphatic imine (C=N–C) groups is 1. The number of halogens is 2. The van der Waals surface area contributed by atoms with Crippen LogP contribution in [0.5, 0.6) is 11.5 Å². The molecule has 0 spiro atoms. The molecule has 1 aromatic heterocycles. The van der Waals surface area contributed by atoms with Crippen LogP contribution in [0.25, 0.3) is 6.08 Å². The third kappa shape index (κ3) is 4.62. The summed E-state index contributed by atoms with van der Waals surface area (Å²) in [6.45, 7) is 0. The molecule has 3 aromatic rings. The number of ether oxygens (including phenoxy) is 3. The molecule has 0 unspecified atom stereocenters. The van der Waals surface area contributed by atoms with Crippen molar-refractivity contribution in [2.45, 2.75) is 0 Å². The fourth-order valence-corrected chi connectivity index (χ4v) is 4.09. The van der Waals surface area contributed by atoms with Gasteiger partial charge in [-0.3, -0.25) is 0 Å². The number of hydrogen-bond donors (Lipinski definition) is 0. The van der Waals surface area contributed by atoms with Crippen LogP contribution in [0.15, 0.2) is 78.8 Å². The van der Waals surface area contributed by atoms with Crippen LogP contribution in [0.3, 0.4) is 0 Å². The number of esters is 2. The standard InChI is InChI=1S/C22H13Br2NO6/c1-28-15-6-4-12(5-7-15)20-25-17(21(26)31-20)10-13-9-14(23)11-16(24)19(13)30-22(27)18-3-2-8-29-18/h2-11H,1H3/b17-10-. The Morgan fingerprint density at radius 3 is 2.58 bits per heavy atom. The van der Waals surface area contributed by atoms with Crippen LogP contribution in [0.4, 0.5) is 0 Å². The molecule has 0 bridgehead atoms. The second kappa shape index (κ2) is 8.91. The molecule has 0 N–H and O–H groups in total. The van der Waals surface area contributed by atoms with Gasteiger partial charge in [-0.2, -0.15) is 0 Å². The van der Waals surface area contributed by atoms with E-state index in [-0.39, 0.29) is 23.1 Å². The number of carbonyl (C=O) groups is 2. The van der Waals surface area contributed by atoms with Crippen molar-refractivity contribution in [1.82, 2.24) is 0 Å². The number of carbonyl (C=O) groups excluding carboxylic acids is 2. The highest BCUT2D eigenvalue weighted by molar-refractivity contribution is 9.11. The minimum absolute atomic E-state index is 0.0495. The Hall–Kier alpha value is -3.17. The summed E-state index contributed by atoms with van der Waals surface area (Å²) in [5.41, 5.74) is 1.12. The van der Waals surface area contributed by atoms with Crippen LogP contribution < -0.4 is 9.47 Å². The summed E-state index contributed by atoms with van der Waals surface area (Å²) < 4.78 is 22.2. The Bertz CT molecular complexity index is 1210. The summed E-state index contributed by atoms with van der Waals surface area (Å²) in [6.07, 6.45) is 2.86. The Morgan fingerprint density at radius 2 is 1.90 bits per heavy atom. The van der Waals surface area contributed by atoms with Gasteiger partial charge in [-0.25, -0.2) is 14.6 Å². The van der Waals surface area contributed by atoms with E-state index in [1.165, 1.54) is 18.4 Å². The van der Waals surface area contributed by atoms with E-state index in [4.69, 9.17) is 18.6 Å². The predicted molar refractivity (Wildman–Crippen MR) is 119 cm³/mol. The topological polar surface area (TPSA) is 87.3 Å². The van der Waals surface area contributed by atoms with Gasteiger partial charge in [0.15, 0.2) is 11.4 Å². The molecule has 2 aromatic carbocycles. The zero-order valence-electron chi connectivity index (χ0n) is 15.9. The lowest BCUT2D eigenvalue weighted by atomic mass is 10.1. The van der Waals surface area contributed by atoms with Crippen LogP contribution >= 0.6 is 31.9 Å². The van der Waals surface area contributed by atoms with E-state index in [9.17, 15) is 9.59 Å². The third-order valence-electron chi connectivity index (χ3n) is 4.20. The minimum Gasteiger partial charge on any atom is -0.497 e. The third-order valence-corrected chi connectivity index (χ3v) is 5.25. The highest BCUT2D eigenvalue weighted by Crippen LogP contribution is 2.35. The van der Waals surface area contributed by atoms with E-state index < -0.39 is 11.9 Å². The van der Waals surface area contributed by atoms with Gasteiger partial charge in [-0.15, -0.1) is 0 Å². The van der Waals surface area contributed by atoms with E-state index in [1.54, 1.807) is 49.6 Å². The summed E-state index contributed by atoms with van der Waals surface area (Å²) >= 11 is 6.78. The SMILES string of the molecule is COc1ccc(C2=N/C(=C\c3cc(Br)cc(Br)c3OC(=O)c3ccco3)C(=O)O2)cc1. The lowest BCUT2D eigenvalue weighted by molar-refractivity contribution is -0.129. The first-order valence-electron chi connectivity index (χ1n) is 8.86. The number of cyclic esters (lactones) is 1. The van der Waals surface area contributed by atoms with Crippen molar-refractivity contribution in [3.8, 4) is 11.5 Å². The second-order valence-corrected chi connectivity index (χ2v) is 8.01. The largest absolute Gasteiger partial charge is 0.497 e. The maximum absolute atomic E-state index is 12.4. The van der Waals surface area contributed by atoms with Crippen molar-refractivity contribution < 1.29 is 28.2 Å². The van der Waals surface area contributed by atoms with Gasteiger partial charge >= 0.3 is 11.9 Å². The number of methoxy groups -OCH3 is 1. The molecule has 156 valence electrons. The minimum atomic E-state index is -0.677. The van der Waals surface area contributed by atoms with Gasteiger partial charge in [0.1, 0.15) is 5.75 Å². The highest BCUT2D eigenvalue weighted by atomic mass is 79.9. The lowest BCUT2D eigenvalue weighted by Crippen LogP contribution is -2.09. The molecule has 0 aliphatic carbocycles. The van der Waals surface area contributed by atoms with Gasteiger partial charge < -0.3 is 18.6 Å². The van der Waals surface area contributed by atoms with Gasteiger partial charge in [0.25, 0.3) is 0 Å². The first-order valence-corrected chi connectivity index (χ1v) is 10.4. The fourth-order valence-electron chi connectivity index (χ4n) is 2.75. The summed E-state index contributed by atoms with van der Waals surface area (Å²) in [5.74, 6) is -0.200. The van der Waals surface area contributed by atoms with Crippen LogP contribution in [0.1, 0.15) is 21.7 Å². The zero-order valence-corrected chi connectivity index (χ0v) is 19.1. The number of furan rings is 1. The maximum Gasteiger partial charge on any atom is 0.379 e.